The monoisotopic (exact) mass is 238 g/mol. The predicted octanol–water partition coefficient (Wildman–Crippen LogP) is 0.489. The van der Waals surface area contributed by atoms with Gasteiger partial charge in [0.25, 0.3) is 5.69 Å². The van der Waals surface area contributed by atoms with E-state index in [1.165, 1.54) is 18.2 Å². The molecule has 0 bridgehead atoms. The normalized spacial score (nSPS) is 9.94. The number of non-ortho nitro benzene ring substituents is 1. The third kappa shape index (κ3) is 3.07. The molecule has 0 aliphatic carbocycles. The second kappa shape index (κ2) is 5.15. The predicted molar refractivity (Wildman–Crippen MR) is 64.6 cm³/mol. The lowest BCUT2D eigenvalue weighted by molar-refractivity contribution is -0.384. The highest BCUT2D eigenvalue weighted by molar-refractivity contribution is 5.82. The van der Waals surface area contributed by atoms with Crippen molar-refractivity contribution in [2.75, 3.05) is 23.7 Å². The first kappa shape index (κ1) is 12.8. The standard InChI is InChI=1S/C10H14N4O3/c1-2-13(6-10(12)15)9-4-3-7(14(16)17)5-8(9)11/h3-5H,2,6,11H2,1H3,(H2,12,15). The quantitative estimate of drug-likeness (QED) is 0.440. The largest absolute Gasteiger partial charge is 0.397 e. The molecule has 17 heavy (non-hydrogen) atoms. The van der Waals surface area contributed by atoms with Crippen LogP contribution in [0.25, 0.3) is 0 Å². The van der Waals surface area contributed by atoms with Crippen molar-refractivity contribution in [1.29, 1.82) is 0 Å². The van der Waals surface area contributed by atoms with Gasteiger partial charge in [-0.05, 0) is 13.0 Å². The lowest BCUT2D eigenvalue weighted by Crippen LogP contribution is -2.34. The number of hydrogen-bond donors (Lipinski definition) is 2. The number of amides is 1. The molecule has 4 N–H and O–H groups in total. The van der Waals surface area contributed by atoms with Gasteiger partial charge >= 0.3 is 0 Å². The van der Waals surface area contributed by atoms with Crippen molar-refractivity contribution in [3.05, 3.63) is 28.3 Å². The molecule has 0 aromatic heterocycles. The first-order valence-corrected chi connectivity index (χ1v) is 5.02. The summed E-state index contributed by atoms with van der Waals surface area (Å²) in [5.41, 5.74) is 11.6. The van der Waals surface area contributed by atoms with Gasteiger partial charge in [-0.15, -0.1) is 0 Å². The Morgan fingerprint density at radius 1 is 1.53 bits per heavy atom. The first-order valence-electron chi connectivity index (χ1n) is 5.02. The number of anilines is 2. The van der Waals surface area contributed by atoms with Gasteiger partial charge in [0.2, 0.25) is 5.91 Å². The molecule has 92 valence electrons. The van der Waals surface area contributed by atoms with E-state index in [4.69, 9.17) is 11.5 Å². The minimum absolute atomic E-state index is 0.0263. The van der Waals surface area contributed by atoms with E-state index in [9.17, 15) is 14.9 Å². The molecule has 0 unspecified atom stereocenters. The summed E-state index contributed by atoms with van der Waals surface area (Å²) >= 11 is 0. The van der Waals surface area contributed by atoms with Crippen molar-refractivity contribution in [2.24, 2.45) is 5.73 Å². The van der Waals surface area contributed by atoms with E-state index in [0.29, 0.717) is 12.2 Å². The molecule has 0 atom stereocenters. The Labute approximate surface area is 98.1 Å². The molecule has 0 spiro atoms. The summed E-state index contributed by atoms with van der Waals surface area (Å²) in [7, 11) is 0. The number of primary amides is 1. The zero-order valence-corrected chi connectivity index (χ0v) is 9.42. The van der Waals surface area contributed by atoms with Crippen LogP contribution in [-0.4, -0.2) is 23.9 Å². The molecule has 1 aromatic carbocycles. The number of likely N-dealkylation sites (N-methyl/N-ethyl adjacent to an activating group) is 1. The average Bonchev–Trinajstić information content (AvgIpc) is 2.25. The van der Waals surface area contributed by atoms with E-state index in [1.54, 1.807) is 4.90 Å². The van der Waals surface area contributed by atoms with Gasteiger partial charge < -0.3 is 16.4 Å². The van der Waals surface area contributed by atoms with Crippen molar-refractivity contribution in [2.45, 2.75) is 6.92 Å². The van der Waals surface area contributed by atoms with Crippen molar-refractivity contribution in [1.82, 2.24) is 0 Å². The average molecular weight is 238 g/mol. The molecular weight excluding hydrogens is 224 g/mol. The van der Waals surface area contributed by atoms with Gasteiger partial charge in [0.05, 0.1) is 22.8 Å². The van der Waals surface area contributed by atoms with Gasteiger partial charge in [0.1, 0.15) is 0 Å². The number of carbonyl (C=O) groups is 1. The Morgan fingerprint density at radius 2 is 2.18 bits per heavy atom. The van der Waals surface area contributed by atoms with Gasteiger partial charge in [-0.2, -0.15) is 0 Å². The molecule has 0 saturated heterocycles. The van der Waals surface area contributed by atoms with Crippen LogP contribution >= 0.6 is 0 Å². The maximum absolute atomic E-state index is 10.9. The van der Waals surface area contributed by atoms with Crippen LogP contribution in [0.3, 0.4) is 0 Å². The van der Waals surface area contributed by atoms with Gasteiger partial charge in [-0.25, -0.2) is 0 Å². The van der Waals surface area contributed by atoms with E-state index < -0.39 is 10.8 Å². The Balaban J connectivity index is 3.04. The van der Waals surface area contributed by atoms with E-state index in [-0.39, 0.29) is 17.9 Å². The molecule has 1 aromatic rings. The van der Waals surface area contributed by atoms with Crippen LogP contribution < -0.4 is 16.4 Å². The summed E-state index contributed by atoms with van der Waals surface area (Å²) < 4.78 is 0. The lowest BCUT2D eigenvalue weighted by Gasteiger charge is -2.22. The second-order valence-corrected chi connectivity index (χ2v) is 3.48. The molecule has 0 heterocycles. The van der Waals surface area contributed by atoms with Crippen LogP contribution in [-0.2, 0) is 4.79 Å². The van der Waals surface area contributed by atoms with Gasteiger partial charge in [0, 0.05) is 18.7 Å². The van der Waals surface area contributed by atoms with E-state index >= 15 is 0 Å². The van der Waals surface area contributed by atoms with Gasteiger partial charge in [0.15, 0.2) is 0 Å². The number of carbonyl (C=O) groups excluding carboxylic acids is 1. The van der Waals surface area contributed by atoms with Crippen LogP contribution in [0.2, 0.25) is 0 Å². The summed E-state index contributed by atoms with van der Waals surface area (Å²) in [4.78, 5) is 22.5. The van der Waals surface area contributed by atoms with Crippen LogP contribution in [0.5, 0.6) is 0 Å². The maximum atomic E-state index is 10.9. The lowest BCUT2D eigenvalue weighted by atomic mass is 10.2. The minimum atomic E-state index is -0.523. The van der Waals surface area contributed by atoms with Crippen molar-refractivity contribution in [3.8, 4) is 0 Å². The smallest absolute Gasteiger partial charge is 0.271 e. The Morgan fingerprint density at radius 3 is 2.59 bits per heavy atom. The van der Waals surface area contributed by atoms with Crippen LogP contribution in [0.15, 0.2) is 18.2 Å². The number of nitrogens with zero attached hydrogens (tertiary/aromatic N) is 2. The van der Waals surface area contributed by atoms with E-state index in [2.05, 4.69) is 0 Å². The first-order chi connectivity index (χ1) is 7.95. The summed E-state index contributed by atoms with van der Waals surface area (Å²) in [5.74, 6) is -0.482. The number of nitrogens with two attached hydrogens (primary N) is 2. The van der Waals surface area contributed by atoms with Crippen molar-refractivity contribution < 1.29 is 9.72 Å². The zero-order chi connectivity index (χ0) is 13.0. The fourth-order valence-corrected chi connectivity index (χ4v) is 1.50. The SMILES string of the molecule is CCN(CC(N)=O)c1ccc([N+](=O)[O-])cc1N. The molecule has 0 fully saturated rings. The Kier molecular flexibility index (Phi) is 3.86. The summed E-state index contributed by atoms with van der Waals surface area (Å²) in [5, 5.41) is 10.5. The van der Waals surface area contributed by atoms with Crippen molar-refractivity contribution >= 4 is 23.0 Å². The van der Waals surface area contributed by atoms with Gasteiger partial charge in [-0.3, -0.25) is 14.9 Å². The molecule has 0 radical (unpaired) electrons. The molecule has 0 saturated carbocycles. The maximum Gasteiger partial charge on any atom is 0.271 e. The summed E-state index contributed by atoms with van der Waals surface area (Å²) in [6.45, 7) is 2.40. The van der Waals surface area contributed by atoms with Crippen LogP contribution in [0.1, 0.15) is 6.92 Å². The van der Waals surface area contributed by atoms with Crippen LogP contribution in [0.4, 0.5) is 17.1 Å². The third-order valence-corrected chi connectivity index (χ3v) is 2.29. The second-order valence-electron chi connectivity index (χ2n) is 3.48. The summed E-state index contributed by atoms with van der Waals surface area (Å²) in [6, 6.07) is 4.12. The minimum Gasteiger partial charge on any atom is -0.397 e. The highest BCUT2D eigenvalue weighted by Crippen LogP contribution is 2.27. The Hall–Kier alpha value is -2.31. The number of benzene rings is 1. The van der Waals surface area contributed by atoms with E-state index in [1.807, 2.05) is 6.92 Å². The number of hydrogen-bond acceptors (Lipinski definition) is 5. The fourth-order valence-electron chi connectivity index (χ4n) is 1.50. The topological polar surface area (TPSA) is 115 Å². The van der Waals surface area contributed by atoms with Crippen LogP contribution in [0, 0.1) is 10.1 Å². The third-order valence-electron chi connectivity index (χ3n) is 2.29. The molecule has 0 aliphatic rings. The molecular formula is C10H14N4O3. The summed E-state index contributed by atoms with van der Waals surface area (Å²) in [6.07, 6.45) is 0. The molecule has 7 heteroatoms. The molecule has 1 amide bonds. The van der Waals surface area contributed by atoms with Gasteiger partial charge in [-0.1, -0.05) is 0 Å². The van der Waals surface area contributed by atoms with E-state index in [0.717, 1.165) is 0 Å². The van der Waals surface area contributed by atoms with Crippen molar-refractivity contribution in [3.63, 3.8) is 0 Å². The number of nitrogen functional groups attached to an aromatic ring is 1. The fraction of sp³-hybridized carbons (Fsp3) is 0.300. The zero-order valence-electron chi connectivity index (χ0n) is 9.42. The number of nitro groups is 1. The molecule has 7 nitrogen and oxygen atoms in total. The number of nitro benzene ring substituents is 1. The molecule has 1 rings (SSSR count). The Bertz CT molecular complexity index is 447. The number of rotatable bonds is 5. The highest BCUT2D eigenvalue weighted by atomic mass is 16.6. The highest BCUT2D eigenvalue weighted by Gasteiger charge is 2.14. The molecule has 0 aliphatic heterocycles.